The molecule has 5 rings (SSSR count). The molecule has 1 saturated heterocycles. The number of nitrogens with zero attached hydrogens (tertiary/aromatic N) is 2. The fourth-order valence-corrected chi connectivity index (χ4v) is 5.29. The van der Waals surface area contributed by atoms with Crippen LogP contribution in [0.1, 0.15) is 22.5 Å². The second-order valence-electron chi connectivity index (χ2n) is 9.40. The summed E-state index contributed by atoms with van der Waals surface area (Å²) in [6, 6.07) is 20.9. The van der Waals surface area contributed by atoms with Gasteiger partial charge in [-0.1, -0.05) is 18.2 Å². The molecule has 1 N–H and O–H groups in total. The third-order valence-electron chi connectivity index (χ3n) is 6.45. The second kappa shape index (κ2) is 11.8. The molecule has 41 heavy (non-hydrogen) atoms. The van der Waals surface area contributed by atoms with Gasteiger partial charge in [-0.2, -0.15) is 0 Å². The number of hydrogen-bond acceptors (Lipinski definition) is 5. The summed E-state index contributed by atoms with van der Waals surface area (Å²) >= 11 is 0.765. The van der Waals surface area contributed by atoms with Crippen LogP contribution in [0, 0.1) is 25.5 Å². The van der Waals surface area contributed by atoms with E-state index in [4.69, 9.17) is 4.74 Å². The Balaban J connectivity index is 1.27. The molecule has 1 aliphatic heterocycles. The van der Waals surface area contributed by atoms with E-state index >= 15 is 0 Å². The Morgan fingerprint density at radius 2 is 1.68 bits per heavy atom. The number of imide groups is 1. The number of thioether (sulfide) groups is 1. The summed E-state index contributed by atoms with van der Waals surface area (Å²) in [4.78, 5) is 39.0. The number of hydrogen-bond donors (Lipinski definition) is 1. The van der Waals surface area contributed by atoms with Gasteiger partial charge in [-0.05, 0) is 103 Å². The first-order valence-electron chi connectivity index (χ1n) is 12.7. The average molecular weight is 574 g/mol. The van der Waals surface area contributed by atoms with Crippen LogP contribution >= 0.6 is 11.8 Å². The molecule has 7 nitrogen and oxygen atoms in total. The van der Waals surface area contributed by atoms with E-state index in [0.717, 1.165) is 50.9 Å². The van der Waals surface area contributed by atoms with Gasteiger partial charge in [0.25, 0.3) is 11.1 Å². The first kappa shape index (κ1) is 27.9. The topological polar surface area (TPSA) is 80.6 Å². The number of carbonyl (C=O) groups is 3. The van der Waals surface area contributed by atoms with Crippen molar-refractivity contribution in [1.29, 1.82) is 0 Å². The number of benzene rings is 3. The minimum Gasteiger partial charge on any atom is -0.489 e. The van der Waals surface area contributed by atoms with E-state index in [1.54, 1.807) is 18.2 Å². The molecule has 2 heterocycles. The van der Waals surface area contributed by atoms with Crippen LogP contribution < -0.4 is 10.1 Å². The van der Waals surface area contributed by atoms with Gasteiger partial charge >= 0.3 is 0 Å². The summed E-state index contributed by atoms with van der Waals surface area (Å²) in [7, 11) is 0. The van der Waals surface area contributed by atoms with Gasteiger partial charge in [0.15, 0.2) is 0 Å². The highest BCUT2D eigenvalue weighted by Crippen LogP contribution is 2.34. The fraction of sp³-hybridized carbons (Fsp3) is 0.129. The lowest BCUT2D eigenvalue weighted by Gasteiger charge is -2.12. The van der Waals surface area contributed by atoms with E-state index in [1.165, 1.54) is 30.3 Å². The number of ether oxygens (including phenoxy) is 1. The van der Waals surface area contributed by atoms with Gasteiger partial charge in [-0.3, -0.25) is 19.3 Å². The third-order valence-corrected chi connectivity index (χ3v) is 7.36. The maximum atomic E-state index is 13.4. The van der Waals surface area contributed by atoms with Gasteiger partial charge in [-0.15, -0.1) is 0 Å². The number of halogens is 2. The minimum absolute atomic E-state index is 0.207. The molecule has 1 aromatic heterocycles. The Morgan fingerprint density at radius 3 is 2.39 bits per heavy atom. The van der Waals surface area contributed by atoms with Gasteiger partial charge < -0.3 is 14.6 Å². The molecule has 3 amide bonds. The third kappa shape index (κ3) is 6.38. The lowest BCUT2D eigenvalue weighted by Crippen LogP contribution is -2.36. The first-order chi connectivity index (χ1) is 19.7. The van der Waals surface area contributed by atoms with E-state index in [9.17, 15) is 23.2 Å². The van der Waals surface area contributed by atoms with E-state index < -0.39 is 29.4 Å². The van der Waals surface area contributed by atoms with Gasteiger partial charge in [-0.25, -0.2) is 8.78 Å². The molecule has 0 unspecified atom stereocenters. The van der Waals surface area contributed by atoms with Crippen molar-refractivity contribution in [1.82, 2.24) is 9.47 Å². The maximum Gasteiger partial charge on any atom is 0.294 e. The molecular weight excluding hydrogens is 548 g/mol. The number of aromatic nitrogens is 1. The second-order valence-corrected chi connectivity index (χ2v) is 10.4. The molecule has 0 bridgehead atoms. The standard InChI is InChI=1S/C31H25F2N3O4S/c1-19-14-22(15-28-30(38)35(31(39)41-28)17-29(37)34-25-5-3-4-24(33)16-25)20(2)36(19)26-10-12-27(13-11-26)40-18-21-6-8-23(32)9-7-21/h3-16H,17-18H2,1-2H3,(H,34,37)/b28-15+. The Kier molecular flexibility index (Phi) is 8.02. The summed E-state index contributed by atoms with van der Waals surface area (Å²) in [5.41, 5.74) is 4.51. The Hall–Kier alpha value is -4.70. The normalized spacial score (nSPS) is 14.1. The summed E-state index contributed by atoms with van der Waals surface area (Å²) in [5, 5.41) is 1.94. The van der Waals surface area contributed by atoms with Crippen LogP contribution in [0.25, 0.3) is 11.8 Å². The van der Waals surface area contributed by atoms with Crippen molar-refractivity contribution in [2.45, 2.75) is 20.5 Å². The summed E-state index contributed by atoms with van der Waals surface area (Å²) in [5.74, 6) is -1.32. The van der Waals surface area contributed by atoms with Gasteiger partial charge in [0, 0.05) is 22.8 Å². The largest absolute Gasteiger partial charge is 0.489 e. The van der Waals surface area contributed by atoms with Gasteiger partial charge in [0.2, 0.25) is 5.91 Å². The molecule has 1 fully saturated rings. The highest BCUT2D eigenvalue weighted by atomic mass is 32.2. The molecule has 0 atom stereocenters. The molecule has 0 spiro atoms. The molecule has 0 aliphatic carbocycles. The van der Waals surface area contributed by atoms with Crippen LogP contribution in [0.5, 0.6) is 5.75 Å². The predicted molar refractivity (Wildman–Crippen MR) is 154 cm³/mol. The van der Waals surface area contributed by atoms with Crippen LogP contribution in [0.3, 0.4) is 0 Å². The van der Waals surface area contributed by atoms with Crippen molar-refractivity contribution in [2.24, 2.45) is 0 Å². The Labute approximate surface area is 239 Å². The van der Waals surface area contributed by atoms with Crippen molar-refractivity contribution in [3.05, 3.63) is 118 Å². The van der Waals surface area contributed by atoms with Crippen molar-refractivity contribution in [3.8, 4) is 11.4 Å². The number of amides is 3. The molecule has 4 aromatic rings. The zero-order valence-corrected chi connectivity index (χ0v) is 23.0. The smallest absolute Gasteiger partial charge is 0.294 e. The molecule has 208 valence electrons. The quantitative estimate of drug-likeness (QED) is 0.240. The molecule has 0 radical (unpaired) electrons. The summed E-state index contributed by atoms with van der Waals surface area (Å²) in [6.45, 7) is 3.68. The van der Waals surface area contributed by atoms with Crippen molar-refractivity contribution in [2.75, 3.05) is 11.9 Å². The highest BCUT2D eigenvalue weighted by molar-refractivity contribution is 8.18. The zero-order valence-electron chi connectivity index (χ0n) is 22.2. The molecule has 0 saturated carbocycles. The minimum atomic E-state index is -0.609. The van der Waals surface area contributed by atoms with Crippen molar-refractivity contribution in [3.63, 3.8) is 0 Å². The average Bonchev–Trinajstić information content (AvgIpc) is 3.37. The van der Waals surface area contributed by atoms with E-state index in [0.29, 0.717) is 12.4 Å². The number of carbonyl (C=O) groups excluding carboxylic acids is 3. The summed E-state index contributed by atoms with van der Waals surface area (Å²) < 4.78 is 34.3. The first-order valence-corrected chi connectivity index (χ1v) is 13.5. The van der Waals surface area contributed by atoms with Crippen molar-refractivity contribution < 1.29 is 27.9 Å². The zero-order chi connectivity index (χ0) is 29.1. The van der Waals surface area contributed by atoms with E-state index in [2.05, 4.69) is 5.32 Å². The van der Waals surface area contributed by atoms with Gasteiger partial charge in [0.1, 0.15) is 30.5 Å². The fourth-order valence-electron chi connectivity index (χ4n) is 4.46. The van der Waals surface area contributed by atoms with Gasteiger partial charge in [0.05, 0.1) is 4.91 Å². The summed E-state index contributed by atoms with van der Waals surface area (Å²) in [6.07, 6.45) is 1.65. The van der Waals surface area contributed by atoms with E-state index in [-0.39, 0.29) is 16.4 Å². The maximum absolute atomic E-state index is 13.4. The lowest BCUT2D eigenvalue weighted by molar-refractivity contribution is -0.127. The highest BCUT2D eigenvalue weighted by Gasteiger charge is 2.36. The van der Waals surface area contributed by atoms with Crippen LogP contribution in [-0.4, -0.2) is 33.1 Å². The van der Waals surface area contributed by atoms with Crippen LogP contribution in [-0.2, 0) is 16.2 Å². The SMILES string of the molecule is Cc1cc(/C=C2/SC(=O)N(CC(=O)Nc3cccc(F)c3)C2=O)c(C)n1-c1ccc(OCc2ccc(F)cc2)cc1. The van der Waals surface area contributed by atoms with Crippen LogP contribution in [0.2, 0.25) is 0 Å². The molecule has 3 aromatic carbocycles. The number of rotatable bonds is 8. The Bertz CT molecular complexity index is 1660. The monoisotopic (exact) mass is 573 g/mol. The van der Waals surface area contributed by atoms with E-state index in [1.807, 2.05) is 48.7 Å². The van der Waals surface area contributed by atoms with Crippen molar-refractivity contribution >= 4 is 40.6 Å². The Morgan fingerprint density at radius 1 is 0.951 bits per heavy atom. The molecule has 1 aliphatic rings. The number of aryl methyl sites for hydroxylation is 1. The molecule has 10 heteroatoms. The number of nitrogens with one attached hydrogen (secondary N) is 1. The van der Waals surface area contributed by atoms with Crippen LogP contribution in [0.4, 0.5) is 19.3 Å². The molecular formula is C31H25F2N3O4S. The lowest BCUT2D eigenvalue weighted by atomic mass is 10.2. The van der Waals surface area contributed by atoms with Crippen LogP contribution in [0.15, 0.2) is 83.8 Å². The number of anilines is 1. The predicted octanol–water partition coefficient (Wildman–Crippen LogP) is 6.63.